The summed E-state index contributed by atoms with van der Waals surface area (Å²) in [5, 5.41) is 0.785. The van der Waals surface area contributed by atoms with E-state index in [1.54, 1.807) is 6.08 Å². The van der Waals surface area contributed by atoms with Gasteiger partial charge in [0.2, 0.25) is 0 Å². The van der Waals surface area contributed by atoms with Crippen LogP contribution < -0.4 is 4.90 Å². The summed E-state index contributed by atoms with van der Waals surface area (Å²) in [6.45, 7) is 2.02. The Bertz CT molecular complexity index is 509. The zero-order chi connectivity index (χ0) is 12.0. The SMILES string of the molecule is C[C@H]1C(=O)C=CN2c3ccc(Cl)cc3CCC12. The van der Waals surface area contributed by atoms with Gasteiger partial charge < -0.3 is 4.90 Å². The van der Waals surface area contributed by atoms with Crippen molar-refractivity contribution in [1.29, 1.82) is 0 Å². The average molecular weight is 248 g/mol. The van der Waals surface area contributed by atoms with Crippen molar-refractivity contribution in [3.63, 3.8) is 0 Å². The van der Waals surface area contributed by atoms with Crippen molar-refractivity contribution in [2.45, 2.75) is 25.8 Å². The van der Waals surface area contributed by atoms with Gasteiger partial charge >= 0.3 is 0 Å². The Kier molecular flexibility index (Phi) is 2.48. The van der Waals surface area contributed by atoms with E-state index in [1.807, 2.05) is 25.3 Å². The van der Waals surface area contributed by atoms with Crippen LogP contribution in [0.25, 0.3) is 0 Å². The highest BCUT2D eigenvalue weighted by Crippen LogP contribution is 2.37. The third-order valence-electron chi connectivity index (χ3n) is 3.81. The number of hydrogen-bond donors (Lipinski definition) is 0. The lowest BCUT2D eigenvalue weighted by Gasteiger charge is -2.41. The number of allylic oxidation sites excluding steroid dienone is 1. The van der Waals surface area contributed by atoms with Crippen LogP contribution in [0.15, 0.2) is 30.5 Å². The van der Waals surface area contributed by atoms with Crippen LogP contribution in [0.2, 0.25) is 5.02 Å². The third kappa shape index (κ3) is 1.67. The molecular weight excluding hydrogens is 234 g/mol. The van der Waals surface area contributed by atoms with Gasteiger partial charge in [0.25, 0.3) is 0 Å². The molecular formula is C14H14ClNO. The summed E-state index contributed by atoms with van der Waals surface area (Å²) >= 11 is 6.01. The van der Waals surface area contributed by atoms with Gasteiger partial charge in [0.15, 0.2) is 5.78 Å². The number of aryl methyl sites for hydroxylation is 1. The van der Waals surface area contributed by atoms with Crippen molar-refractivity contribution in [2.24, 2.45) is 5.92 Å². The third-order valence-corrected chi connectivity index (χ3v) is 4.05. The molecule has 2 aliphatic heterocycles. The van der Waals surface area contributed by atoms with Crippen LogP contribution in [0, 0.1) is 5.92 Å². The molecule has 1 aromatic carbocycles. The summed E-state index contributed by atoms with van der Waals surface area (Å²) < 4.78 is 0. The van der Waals surface area contributed by atoms with Gasteiger partial charge in [0.1, 0.15) is 0 Å². The summed E-state index contributed by atoms with van der Waals surface area (Å²) in [6, 6.07) is 6.30. The van der Waals surface area contributed by atoms with E-state index in [0.717, 1.165) is 17.9 Å². The summed E-state index contributed by atoms with van der Waals surface area (Å²) in [4.78, 5) is 13.9. The first-order chi connectivity index (χ1) is 8.16. The Balaban J connectivity index is 2.07. The molecule has 3 heteroatoms. The molecule has 2 atom stereocenters. The summed E-state index contributed by atoms with van der Waals surface area (Å²) in [5.41, 5.74) is 2.47. The number of ketones is 1. The molecule has 0 fully saturated rings. The lowest BCUT2D eigenvalue weighted by atomic mass is 9.84. The lowest BCUT2D eigenvalue weighted by molar-refractivity contribution is -0.118. The van der Waals surface area contributed by atoms with Gasteiger partial charge in [-0.25, -0.2) is 0 Å². The van der Waals surface area contributed by atoms with Gasteiger partial charge in [0.05, 0.1) is 0 Å². The van der Waals surface area contributed by atoms with Crippen molar-refractivity contribution >= 4 is 23.1 Å². The van der Waals surface area contributed by atoms with E-state index >= 15 is 0 Å². The zero-order valence-corrected chi connectivity index (χ0v) is 10.4. The first-order valence-electron chi connectivity index (χ1n) is 5.95. The predicted octanol–water partition coefficient (Wildman–Crippen LogP) is 3.19. The first-order valence-corrected chi connectivity index (χ1v) is 6.33. The van der Waals surface area contributed by atoms with E-state index in [4.69, 9.17) is 11.6 Å². The quantitative estimate of drug-likeness (QED) is 0.702. The van der Waals surface area contributed by atoms with Crippen molar-refractivity contribution in [3.8, 4) is 0 Å². The maximum Gasteiger partial charge on any atom is 0.162 e. The normalized spacial score (nSPS) is 26.7. The molecule has 1 aromatic rings. The number of carbonyl (C=O) groups is 1. The van der Waals surface area contributed by atoms with E-state index in [-0.39, 0.29) is 11.7 Å². The van der Waals surface area contributed by atoms with E-state index in [1.165, 1.54) is 11.3 Å². The van der Waals surface area contributed by atoms with E-state index in [0.29, 0.717) is 6.04 Å². The van der Waals surface area contributed by atoms with Crippen LogP contribution in [0.1, 0.15) is 18.9 Å². The highest BCUT2D eigenvalue weighted by Gasteiger charge is 2.34. The molecule has 88 valence electrons. The highest BCUT2D eigenvalue weighted by molar-refractivity contribution is 6.30. The summed E-state index contributed by atoms with van der Waals surface area (Å²) in [6.07, 6.45) is 5.62. The summed E-state index contributed by atoms with van der Waals surface area (Å²) in [7, 11) is 0. The monoisotopic (exact) mass is 247 g/mol. The molecule has 2 heterocycles. The Labute approximate surface area is 106 Å². The molecule has 0 saturated carbocycles. The minimum absolute atomic E-state index is 0.0869. The van der Waals surface area contributed by atoms with Crippen molar-refractivity contribution in [3.05, 3.63) is 41.1 Å². The Morgan fingerprint density at radius 1 is 1.41 bits per heavy atom. The number of anilines is 1. The van der Waals surface area contributed by atoms with Crippen LogP contribution in [-0.2, 0) is 11.2 Å². The second-order valence-electron chi connectivity index (χ2n) is 4.79. The molecule has 0 aromatic heterocycles. The number of halogens is 1. The highest BCUT2D eigenvalue weighted by atomic mass is 35.5. The van der Waals surface area contributed by atoms with Crippen LogP contribution in [0.5, 0.6) is 0 Å². The van der Waals surface area contributed by atoms with Crippen LogP contribution in [-0.4, -0.2) is 11.8 Å². The van der Waals surface area contributed by atoms with E-state index in [2.05, 4.69) is 11.0 Å². The van der Waals surface area contributed by atoms with Crippen molar-refractivity contribution in [1.82, 2.24) is 0 Å². The fourth-order valence-corrected chi connectivity index (χ4v) is 3.00. The molecule has 0 radical (unpaired) electrons. The summed E-state index contributed by atoms with van der Waals surface area (Å²) in [5.74, 6) is 0.326. The van der Waals surface area contributed by atoms with Gasteiger partial charge in [-0.3, -0.25) is 4.79 Å². The predicted molar refractivity (Wildman–Crippen MR) is 69.4 cm³/mol. The molecule has 0 spiro atoms. The molecule has 0 aliphatic carbocycles. The van der Waals surface area contributed by atoms with Gasteiger partial charge in [-0.2, -0.15) is 0 Å². The van der Waals surface area contributed by atoms with Gasteiger partial charge in [0, 0.05) is 28.9 Å². The van der Waals surface area contributed by atoms with Gasteiger partial charge in [-0.15, -0.1) is 0 Å². The first kappa shape index (κ1) is 10.8. The van der Waals surface area contributed by atoms with E-state index < -0.39 is 0 Å². The molecule has 17 heavy (non-hydrogen) atoms. The fourth-order valence-electron chi connectivity index (χ4n) is 2.80. The van der Waals surface area contributed by atoms with Gasteiger partial charge in [-0.1, -0.05) is 18.5 Å². The smallest absolute Gasteiger partial charge is 0.162 e. The Hall–Kier alpha value is -1.28. The standard InChI is InChI=1S/C14H14ClNO/c1-9-12-4-2-10-8-11(15)3-5-13(10)16(12)7-6-14(9)17/h3,5-9,12H,2,4H2,1H3/t9-,12?/m1/s1. The molecule has 2 nitrogen and oxygen atoms in total. The van der Waals surface area contributed by atoms with Crippen molar-refractivity contribution < 1.29 is 4.79 Å². The van der Waals surface area contributed by atoms with Crippen LogP contribution in [0.4, 0.5) is 5.69 Å². The largest absolute Gasteiger partial charge is 0.344 e. The number of carbonyl (C=O) groups excluding carboxylic acids is 1. The minimum atomic E-state index is 0.0869. The molecule has 2 aliphatic rings. The molecule has 0 amide bonds. The fraction of sp³-hybridized carbons (Fsp3) is 0.357. The number of hydrogen-bond acceptors (Lipinski definition) is 2. The van der Waals surface area contributed by atoms with Gasteiger partial charge in [-0.05, 0) is 42.7 Å². The maximum atomic E-state index is 11.7. The van der Waals surface area contributed by atoms with Crippen molar-refractivity contribution in [2.75, 3.05) is 4.90 Å². The molecule has 1 unspecified atom stereocenters. The Morgan fingerprint density at radius 3 is 3.06 bits per heavy atom. The van der Waals surface area contributed by atoms with E-state index in [9.17, 15) is 4.79 Å². The number of rotatable bonds is 0. The Morgan fingerprint density at radius 2 is 2.24 bits per heavy atom. The second-order valence-corrected chi connectivity index (χ2v) is 5.23. The minimum Gasteiger partial charge on any atom is -0.344 e. The molecule has 0 N–H and O–H groups in total. The molecule has 0 bridgehead atoms. The number of nitrogens with zero attached hydrogens (tertiary/aromatic N) is 1. The maximum absolute atomic E-state index is 11.7. The average Bonchev–Trinajstić information content (AvgIpc) is 2.33. The number of fused-ring (bicyclic) bond motifs is 3. The second kappa shape index (κ2) is 3.88. The number of benzene rings is 1. The topological polar surface area (TPSA) is 20.3 Å². The molecule has 0 saturated heterocycles. The van der Waals surface area contributed by atoms with Crippen LogP contribution >= 0.6 is 11.6 Å². The zero-order valence-electron chi connectivity index (χ0n) is 9.69. The lowest BCUT2D eigenvalue weighted by Crippen LogP contribution is -2.45. The molecule has 3 rings (SSSR count). The van der Waals surface area contributed by atoms with Crippen LogP contribution in [0.3, 0.4) is 0 Å².